The fourth-order valence-electron chi connectivity index (χ4n) is 3.62. The third kappa shape index (κ3) is 5.98. The Hall–Kier alpha value is -3.11. The number of carbonyl (C=O) groups is 3. The van der Waals surface area contributed by atoms with Crippen LogP contribution in [-0.2, 0) is 14.3 Å². The summed E-state index contributed by atoms with van der Waals surface area (Å²) in [6, 6.07) is 9.44. The Labute approximate surface area is 190 Å². The van der Waals surface area contributed by atoms with Gasteiger partial charge < -0.3 is 24.8 Å². The molecule has 0 aliphatic carbocycles. The van der Waals surface area contributed by atoms with E-state index in [4.69, 9.17) is 9.47 Å². The summed E-state index contributed by atoms with van der Waals surface area (Å²) in [6.45, 7) is 3.17. The molecule has 1 saturated heterocycles. The van der Waals surface area contributed by atoms with Crippen LogP contribution in [0.3, 0.4) is 0 Å². The third-order valence-corrected chi connectivity index (χ3v) is 6.25. The van der Waals surface area contributed by atoms with Gasteiger partial charge in [0.05, 0.1) is 25.8 Å². The molecule has 32 heavy (non-hydrogen) atoms. The molecule has 2 N–H and O–H groups in total. The molecule has 0 saturated carbocycles. The first kappa shape index (κ1) is 23.6. The zero-order chi connectivity index (χ0) is 23.1. The molecule has 9 nitrogen and oxygen atoms in total. The molecule has 172 valence electrons. The van der Waals surface area contributed by atoms with Crippen molar-refractivity contribution < 1.29 is 29.0 Å². The molecule has 0 bridgehead atoms. The molecule has 3 rings (SSSR count). The van der Waals surface area contributed by atoms with Gasteiger partial charge in [0.1, 0.15) is 10.6 Å². The van der Waals surface area contributed by atoms with E-state index in [0.29, 0.717) is 18.8 Å². The second-order valence-corrected chi connectivity index (χ2v) is 8.35. The number of nitrogens with zero attached hydrogens (tertiary/aromatic N) is 2. The Kier molecular flexibility index (Phi) is 8.07. The van der Waals surface area contributed by atoms with Gasteiger partial charge in [0, 0.05) is 50.9 Å². The number of thiophene rings is 1. The SMILES string of the molecule is COC(=O)c1sccc1NC(=O)C[C@@H](CN1CCN(c2cccc(OC)c2)CC1)C(=O)O. The van der Waals surface area contributed by atoms with Gasteiger partial charge in [-0.1, -0.05) is 6.07 Å². The summed E-state index contributed by atoms with van der Waals surface area (Å²) < 4.78 is 9.98. The van der Waals surface area contributed by atoms with Gasteiger partial charge in [-0.2, -0.15) is 0 Å². The minimum atomic E-state index is -1.02. The van der Waals surface area contributed by atoms with E-state index in [1.54, 1.807) is 18.6 Å². The molecular weight excluding hydrogens is 434 g/mol. The molecule has 2 heterocycles. The van der Waals surface area contributed by atoms with Crippen molar-refractivity contribution in [2.45, 2.75) is 6.42 Å². The average molecular weight is 462 g/mol. The maximum absolute atomic E-state index is 12.5. The first-order chi connectivity index (χ1) is 15.4. The number of piperazine rings is 1. The second kappa shape index (κ2) is 11.0. The van der Waals surface area contributed by atoms with E-state index in [2.05, 4.69) is 15.1 Å². The molecule has 1 atom stereocenters. The predicted octanol–water partition coefficient (Wildman–Crippen LogP) is 2.39. The third-order valence-electron chi connectivity index (χ3n) is 5.36. The Bertz CT molecular complexity index is 955. The number of carbonyl (C=O) groups excluding carboxylic acids is 2. The van der Waals surface area contributed by atoms with Crippen LogP contribution in [-0.4, -0.2) is 74.8 Å². The molecule has 2 aromatic rings. The van der Waals surface area contributed by atoms with Crippen molar-refractivity contribution in [3.8, 4) is 5.75 Å². The average Bonchev–Trinajstić information content (AvgIpc) is 3.26. The van der Waals surface area contributed by atoms with Crippen LogP contribution in [0, 0.1) is 5.92 Å². The monoisotopic (exact) mass is 461 g/mol. The number of benzene rings is 1. The minimum Gasteiger partial charge on any atom is -0.497 e. The van der Waals surface area contributed by atoms with E-state index in [9.17, 15) is 19.5 Å². The fraction of sp³-hybridized carbons (Fsp3) is 0.409. The Balaban J connectivity index is 1.53. The van der Waals surface area contributed by atoms with E-state index >= 15 is 0 Å². The summed E-state index contributed by atoms with van der Waals surface area (Å²) in [6.07, 6.45) is -0.179. The standard InChI is InChI=1S/C22H27N3O6S/c1-30-17-5-3-4-16(13-17)25-9-7-24(8-10-25)14-15(21(27)28)12-19(26)23-18-6-11-32-20(18)22(29)31-2/h3-6,11,13,15H,7-10,12,14H2,1-2H3,(H,23,26)(H,27,28)/t15-/m0/s1. The number of aliphatic carboxylic acids is 1. The fourth-order valence-corrected chi connectivity index (χ4v) is 4.39. The van der Waals surface area contributed by atoms with E-state index in [-0.39, 0.29) is 17.8 Å². The number of esters is 1. The highest BCUT2D eigenvalue weighted by Crippen LogP contribution is 2.25. The van der Waals surface area contributed by atoms with Crippen LogP contribution >= 0.6 is 11.3 Å². The summed E-state index contributed by atoms with van der Waals surface area (Å²) in [5.74, 6) is -2.06. The maximum Gasteiger partial charge on any atom is 0.350 e. The number of hydrogen-bond acceptors (Lipinski definition) is 8. The molecule has 1 fully saturated rings. The van der Waals surface area contributed by atoms with Crippen molar-refractivity contribution in [1.29, 1.82) is 0 Å². The predicted molar refractivity (Wildman–Crippen MR) is 122 cm³/mol. The lowest BCUT2D eigenvalue weighted by Crippen LogP contribution is -2.48. The summed E-state index contributed by atoms with van der Waals surface area (Å²) in [4.78, 5) is 40.6. The van der Waals surface area contributed by atoms with Crippen LogP contribution in [0.1, 0.15) is 16.1 Å². The highest BCUT2D eigenvalue weighted by atomic mass is 32.1. The summed E-state index contributed by atoms with van der Waals surface area (Å²) in [5.41, 5.74) is 1.40. The van der Waals surface area contributed by atoms with Gasteiger partial charge in [-0.25, -0.2) is 4.79 Å². The molecule has 1 aliphatic heterocycles. The highest BCUT2D eigenvalue weighted by Gasteiger charge is 2.27. The van der Waals surface area contributed by atoms with Crippen molar-refractivity contribution >= 4 is 40.6 Å². The summed E-state index contributed by atoms with van der Waals surface area (Å²) in [5, 5.41) is 13.9. The molecule has 10 heteroatoms. The number of rotatable bonds is 9. The maximum atomic E-state index is 12.5. The number of amides is 1. The highest BCUT2D eigenvalue weighted by molar-refractivity contribution is 7.12. The number of anilines is 2. The Morgan fingerprint density at radius 3 is 2.56 bits per heavy atom. The van der Waals surface area contributed by atoms with Gasteiger partial charge in [-0.05, 0) is 23.6 Å². The summed E-state index contributed by atoms with van der Waals surface area (Å²) >= 11 is 1.15. The topological polar surface area (TPSA) is 108 Å². The van der Waals surface area contributed by atoms with Gasteiger partial charge in [-0.15, -0.1) is 11.3 Å². The van der Waals surface area contributed by atoms with E-state index < -0.39 is 23.8 Å². The zero-order valence-electron chi connectivity index (χ0n) is 18.1. The van der Waals surface area contributed by atoms with E-state index in [1.165, 1.54) is 7.11 Å². The van der Waals surface area contributed by atoms with Crippen molar-refractivity contribution in [2.24, 2.45) is 5.92 Å². The van der Waals surface area contributed by atoms with Crippen molar-refractivity contribution in [2.75, 3.05) is 57.2 Å². The van der Waals surface area contributed by atoms with Crippen molar-refractivity contribution in [3.63, 3.8) is 0 Å². The van der Waals surface area contributed by atoms with E-state index in [0.717, 1.165) is 35.9 Å². The van der Waals surface area contributed by atoms with Gasteiger partial charge >= 0.3 is 11.9 Å². The largest absolute Gasteiger partial charge is 0.497 e. The van der Waals surface area contributed by atoms with Crippen LogP contribution in [0.15, 0.2) is 35.7 Å². The lowest BCUT2D eigenvalue weighted by Gasteiger charge is -2.37. The molecule has 0 spiro atoms. The molecule has 0 radical (unpaired) electrons. The van der Waals surface area contributed by atoms with Crippen LogP contribution in [0.5, 0.6) is 5.75 Å². The molecule has 0 unspecified atom stereocenters. The number of carboxylic acid groups (broad SMARTS) is 1. The van der Waals surface area contributed by atoms with E-state index in [1.807, 2.05) is 24.3 Å². The molecular formula is C22H27N3O6S. The van der Waals surface area contributed by atoms with Crippen LogP contribution in [0.25, 0.3) is 0 Å². The van der Waals surface area contributed by atoms with Crippen LogP contribution in [0.2, 0.25) is 0 Å². The number of nitrogens with one attached hydrogen (secondary N) is 1. The Morgan fingerprint density at radius 1 is 1.16 bits per heavy atom. The number of ether oxygens (including phenoxy) is 2. The zero-order valence-corrected chi connectivity index (χ0v) is 18.9. The van der Waals surface area contributed by atoms with Gasteiger partial charge in [0.2, 0.25) is 5.91 Å². The molecule has 1 aromatic carbocycles. The first-order valence-corrected chi connectivity index (χ1v) is 11.1. The van der Waals surface area contributed by atoms with Crippen LogP contribution in [0.4, 0.5) is 11.4 Å². The summed E-state index contributed by atoms with van der Waals surface area (Å²) in [7, 11) is 2.90. The Morgan fingerprint density at radius 2 is 1.91 bits per heavy atom. The van der Waals surface area contributed by atoms with Gasteiger partial charge in [0.25, 0.3) is 0 Å². The number of hydrogen-bond donors (Lipinski definition) is 2. The van der Waals surface area contributed by atoms with Gasteiger partial charge in [-0.3, -0.25) is 14.5 Å². The molecule has 1 aliphatic rings. The smallest absolute Gasteiger partial charge is 0.350 e. The van der Waals surface area contributed by atoms with Crippen molar-refractivity contribution in [3.05, 3.63) is 40.6 Å². The number of methoxy groups -OCH3 is 2. The first-order valence-electron chi connectivity index (χ1n) is 10.2. The normalized spacial score (nSPS) is 15.1. The second-order valence-electron chi connectivity index (χ2n) is 7.43. The minimum absolute atomic E-state index is 0.179. The quantitative estimate of drug-likeness (QED) is 0.548. The number of carboxylic acids is 1. The lowest BCUT2D eigenvalue weighted by atomic mass is 10.0. The molecule has 1 aromatic heterocycles. The van der Waals surface area contributed by atoms with Gasteiger partial charge in [0.15, 0.2) is 0 Å². The van der Waals surface area contributed by atoms with Crippen molar-refractivity contribution in [1.82, 2.24) is 4.90 Å². The van der Waals surface area contributed by atoms with Crippen LogP contribution < -0.4 is 15.0 Å². The lowest BCUT2D eigenvalue weighted by molar-refractivity contribution is -0.144. The molecule has 1 amide bonds.